The molecule has 0 aliphatic heterocycles. The highest BCUT2D eigenvalue weighted by Crippen LogP contribution is 2.10. The number of nitrogens with one attached hydrogen (secondary N) is 2. The summed E-state index contributed by atoms with van der Waals surface area (Å²) in [5.41, 5.74) is 0.905. The molecule has 1 aromatic carbocycles. The first-order valence-corrected chi connectivity index (χ1v) is 7.85. The van der Waals surface area contributed by atoms with Crippen LogP contribution in [0.4, 0.5) is 4.79 Å². The van der Waals surface area contributed by atoms with Gasteiger partial charge in [-0.3, -0.25) is 0 Å². The van der Waals surface area contributed by atoms with Gasteiger partial charge in [-0.1, -0.05) is 12.1 Å². The first-order chi connectivity index (χ1) is 10.1. The number of thioether (sulfide) groups is 1. The monoisotopic (exact) mass is 312 g/mol. The fourth-order valence-corrected chi connectivity index (χ4v) is 2.10. The van der Waals surface area contributed by atoms with E-state index in [9.17, 15) is 9.59 Å². The number of amides is 2. The highest BCUT2D eigenvalue weighted by atomic mass is 32.2. The molecule has 0 saturated carbocycles. The zero-order valence-corrected chi connectivity index (χ0v) is 12.9. The lowest BCUT2D eigenvalue weighted by atomic mass is 10.2. The summed E-state index contributed by atoms with van der Waals surface area (Å²) in [6.45, 7) is 0.324. The Morgan fingerprint density at radius 2 is 2.00 bits per heavy atom. The molecule has 1 atom stereocenters. The van der Waals surface area contributed by atoms with E-state index in [0.717, 1.165) is 11.3 Å². The van der Waals surface area contributed by atoms with E-state index in [0.29, 0.717) is 18.7 Å². The molecule has 0 unspecified atom stereocenters. The third-order valence-corrected chi connectivity index (χ3v) is 3.47. The Bertz CT molecular complexity index is 465. The number of carbonyl (C=O) groups excluding carboxylic acids is 1. The molecule has 0 bridgehead atoms. The minimum atomic E-state index is -1.02. The van der Waals surface area contributed by atoms with Crippen molar-refractivity contribution in [2.75, 3.05) is 19.1 Å². The number of hydrogen-bond donors (Lipinski definition) is 3. The lowest BCUT2D eigenvalue weighted by molar-refractivity contribution is -0.139. The van der Waals surface area contributed by atoms with E-state index < -0.39 is 18.0 Å². The number of aliphatic carboxylic acids is 1. The van der Waals surface area contributed by atoms with Crippen LogP contribution in [0.3, 0.4) is 0 Å². The largest absolute Gasteiger partial charge is 0.497 e. The number of carboxylic acid groups (broad SMARTS) is 1. The van der Waals surface area contributed by atoms with Crippen molar-refractivity contribution < 1.29 is 19.4 Å². The molecular formula is C14H20N2O4S. The zero-order valence-electron chi connectivity index (χ0n) is 12.1. The minimum absolute atomic E-state index is 0.324. The van der Waals surface area contributed by atoms with Crippen LogP contribution in [0, 0.1) is 0 Å². The van der Waals surface area contributed by atoms with E-state index in [1.54, 1.807) is 31.0 Å². The molecule has 7 heteroatoms. The number of urea groups is 1. The Kier molecular flexibility index (Phi) is 7.45. The molecule has 3 N–H and O–H groups in total. The Morgan fingerprint density at radius 1 is 1.33 bits per heavy atom. The number of benzene rings is 1. The van der Waals surface area contributed by atoms with Crippen molar-refractivity contribution in [3.05, 3.63) is 29.8 Å². The molecule has 6 nitrogen and oxygen atoms in total. The maximum Gasteiger partial charge on any atom is 0.326 e. The van der Waals surface area contributed by atoms with Crippen LogP contribution >= 0.6 is 11.8 Å². The molecule has 0 spiro atoms. The first-order valence-electron chi connectivity index (χ1n) is 6.46. The molecule has 0 radical (unpaired) electrons. The Labute approximate surface area is 128 Å². The molecule has 0 fully saturated rings. The molecule has 1 aromatic rings. The third kappa shape index (κ3) is 6.40. The predicted molar refractivity (Wildman–Crippen MR) is 82.8 cm³/mol. The van der Waals surface area contributed by atoms with Gasteiger partial charge in [-0.2, -0.15) is 11.8 Å². The molecule has 0 aromatic heterocycles. The van der Waals surface area contributed by atoms with Crippen molar-refractivity contribution in [3.8, 4) is 5.75 Å². The number of methoxy groups -OCH3 is 1. The van der Waals surface area contributed by atoms with Crippen LogP contribution in [0.1, 0.15) is 12.0 Å². The normalized spacial score (nSPS) is 11.5. The molecule has 2 amide bonds. The van der Waals surface area contributed by atoms with E-state index in [1.807, 2.05) is 18.4 Å². The van der Waals surface area contributed by atoms with Gasteiger partial charge in [0.25, 0.3) is 0 Å². The molecular weight excluding hydrogens is 292 g/mol. The second-order valence-corrected chi connectivity index (χ2v) is 5.33. The number of hydrogen-bond acceptors (Lipinski definition) is 4. The lowest BCUT2D eigenvalue weighted by Gasteiger charge is -2.14. The summed E-state index contributed by atoms with van der Waals surface area (Å²) in [7, 11) is 1.58. The summed E-state index contributed by atoms with van der Waals surface area (Å²) in [5.74, 6) is 0.394. The Hall–Kier alpha value is -1.89. The van der Waals surface area contributed by atoms with Crippen LogP contribution < -0.4 is 15.4 Å². The van der Waals surface area contributed by atoms with E-state index in [4.69, 9.17) is 9.84 Å². The molecule has 1 rings (SSSR count). The fraction of sp³-hybridized carbons (Fsp3) is 0.429. The summed E-state index contributed by atoms with van der Waals surface area (Å²) < 4.78 is 5.04. The highest BCUT2D eigenvalue weighted by Gasteiger charge is 2.18. The summed E-state index contributed by atoms with van der Waals surface area (Å²) >= 11 is 1.54. The second kappa shape index (κ2) is 9.12. The number of carbonyl (C=O) groups is 2. The SMILES string of the molecule is COc1ccc(CNC(=O)N[C@@H](CCSC)C(=O)O)cc1. The van der Waals surface area contributed by atoms with Crippen molar-refractivity contribution in [1.82, 2.24) is 10.6 Å². The highest BCUT2D eigenvalue weighted by molar-refractivity contribution is 7.98. The van der Waals surface area contributed by atoms with Gasteiger partial charge in [0.2, 0.25) is 0 Å². The van der Waals surface area contributed by atoms with E-state index in [-0.39, 0.29) is 0 Å². The van der Waals surface area contributed by atoms with E-state index >= 15 is 0 Å². The molecule has 0 aliphatic carbocycles. The molecule has 21 heavy (non-hydrogen) atoms. The van der Waals surface area contributed by atoms with Gasteiger partial charge in [0.15, 0.2) is 0 Å². The zero-order chi connectivity index (χ0) is 15.7. The van der Waals surface area contributed by atoms with Crippen molar-refractivity contribution in [2.24, 2.45) is 0 Å². The summed E-state index contributed by atoms with van der Waals surface area (Å²) in [6.07, 6.45) is 2.29. The third-order valence-electron chi connectivity index (χ3n) is 2.83. The van der Waals surface area contributed by atoms with Crippen molar-refractivity contribution in [2.45, 2.75) is 19.0 Å². The van der Waals surface area contributed by atoms with Crippen LogP contribution in [0.2, 0.25) is 0 Å². The molecule has 0 saturated heterocycles. The average Bonchev–Trinajstić information content (AvgIpc) is 2.49. The first kappa shape index (κ1) is 17.2. The van der Waals surface area contributed by atoms with Gasteiger partial charge < -0.3 is 20.5 Å². The van der Waals surface area contributed by atoms with Crippen LogP contribution in [-0.4, -0.2) is 42.3 Å². The summed E-state index contributed by atoms with van der Waals surface area (Å²) in [5, 5.41) is 14.1. The number of rotatable bonds is 8. The summed E-state index contributed by atoms with van der Waals surface area (Å²) in [6, 6.07) is 5.91. The molecule has 0 heterocycles. The predicted octanol–water partition coefficient (Wildman–Crippen LogP) is 1.70. The lowest BCUT2D eigenvalue weighted by Crippen LogP contribution is -2.46. The van der Waals surface area contributed by atoms with Crippen LogP contribution in [0.25, 0.3) is 0 Å². The number of carboxylic acids is 1. The molecule has 116 valence electrons. The van der Waals surface area contributed by atoms with Gasteiger partial charge in [0, 0.05) is 6.54 Å². The van der Waals surface area contributed by atoms with Crippen LogP contribution in [-0.2, 0) is 11.3 Å². The number of ether oxygens (including phenoxy) is 1. The summed E-state index contributed by atoms with van der Waals surface area (Å²) in [4.78, 5) is 22.7. The quantitative estimate of drug-likeness (QED) is 0.680. The standard InChI is InChI=1S/C14H20N2O4S/c1-20-11-5-3-10(4-6-11)9-15-14(19)16-12(13(17)18)7-8-21-2/h3-6,12H,7-9H2,1-2H3,(H,17,18)(H2,15,16,19)/t12-/m0/s1. The van der Waals surface area contributed by atoms with Gasteiger partial charge in [-0.25, -0.2) is 9.59 Å². The maximum atomic E-state index is 11.7. The Morgan fingerprint density at radius 3 is 2.52 bits per heavy atom. The average molecular weight is 312 g/mol. The minimum Gasteiger partial charge on any atom is -0.497 e. The topological polar surface area (TPSA) is 87.7 Å². The molecule has 0 aliphatic rings. The van der Waals surface area contributed by atoms with Crippen LogP contribution in [0.15, 0.2) is 24.3 Å². The van der Waals surface area contributed by atoms with E-state index in [2.05, 4.69) is 10.6 Å². The van der Waals surface area contributed by atoms with Crippen molar-refractivity contribution >= 4 is 23.8 Å². The van der Waals surface area contributed by atoms with Gasteiger partial charge in [-0.15, -0.1) is 0 Å². The van der Waals surface area contributed by atoms with Gasteiger partial charge in [0.05, 0.1) is 7.11 Å². The fourth-order valence-electron chi connectivity index (χ4n) is 1.63. The second-order valence-electron chi connectivity index (χ2n) is 4.35. The van der Waals surface area contributed by atoms with E-state index in [1.165, 1.54) is 0 Å². The van der Waals surface area contributed by atoms with Crippen molar-refractivity contribution in [1.29, 1.82) is 0 Å². The van der Waals surface area contributed by atoms with Gasteiger partial charge in [-0.05, 0) is 36.1 Å². The van der Waals surface area contributed by atoms with Crippen LogP contribution in [0.5, 0.6) is 5.75 Å². The van der Waals surface area contributed by atoms with Crippen molar-refractivity contribution in [3.63, 3.8) is 0 Å². The van der Waals surface area contributed by atoms with Gasteiger partial charge >= 0.3 is 12.0 Å². The Balaban J connectivity index is 2.42. The maximum absolute atomic E-state index is 11.7. The van der Waals surface area contributed by atoms with Gasteiger partial charge in [0.1, 0.15) is 11.8 Å². The smallest absolute Gasteiger partial charge is 0.326 e.